The lowest BCUT2D eigenvalue weighted by atomic mass is 9.88. The molecule has 2 N–H and O–H groups in total. The molecule has 1 unspecified atom stereocenters. The van der Waals surface area contributed by atoms with Gasteiger partial charge in [-0.3, -0.25) is 0 Å². The van der Waals surface area contributed by atoms with Crippen molar-refractivity contribution < 1.29 is 4.42 Å². The molecule has 2 aromatic rings. The van der Waals surface area contributed by atoms with Crippen molar-refractivity contribution in [3.8, 4) is 11.3 Å². The minimum Gasteiger partial charge on any atom is -0.466 e. The van der Waals surface area contributed by atoms with E-state index < -0.39 is 0 Å². The minimum absolute atomic E-state index is 0.0243. The minimum atomic E-state index is -0.0374. The van der Waals surface area contributed by atoms with E-state index in [1.165, 1.54) is 0 Å². The number of furan rings is 1. The van der Waals surface area contributed by atoms with Crippen LogP contribution in [0, 0.1) is 19.3 Å². The Kier molecular flexibility index (Phi) is 3.34. The second-order valence-electron chi connectivity index (χ2n) is 5.74. The highest BCUT2D eigenvalue weighted by Crippen LogP contribution is 2.35. The summed E-state index contributed by atoms with van der Waals surface area (Å²) in [5, 5.41) is 3.04. The predicted octanol–water partition coefficient (Wildman–Crippen LogP) is 4.07. The van der Waals surface area contributed by atoms with E-state index in [0.29, 0.717) is 0 Å². The van der Waals surface area contributed by atoms with E-state index in [0.717, 1.165) is 27.8 Å². The van der Waals surface area contributed by atoms with Gasteiger partial charge in [0.15, 0.2) is 0 Å². The molecule has 0 fully saturated rings. The zero-order valence-electron chi connectivity index (χ0n) is 11.6. The van der Waals surface area contributed by atoms with E-state index in [9.17, 15) is 0 Å². The molecule has 3 nitrogen and oxygen atoms in total. The molecular formula is C14H20N2OS. The van der Waals surface area contributed by atoms with Crippen LogP contribution in [0.1, 0.15) is 43.3 Å². The molecule has 0 saturated carbocycles. The molecular weight excluding hydrogens is 244 g/mol. The number of nitrogens with zero attached hydrogens (tertiary/aromatic N) is 1. The fourth-order valence-electron chi connectivity index (χ4n) is 1.81. The molecule has 4 heteroatoms. The van der Waals surface area contributed by atoms with Gasteiger partial charge in [-0.15, -0.1) is 11.3 Å². The molecule has 0 radical (unpaired) electrons. The number of aryl methyl sites for hydroxylation is 2. The van der Waals surface area contributed by atoms with Gasteiger partial charge in [-0.1, -0.05) is 20.8 Å². The van der Waals surface area contributed by atoms with Crippen LogP contribution in [-0.4, -0.2) is 4.98 Å². The van der Waals surface area contributed by atoms with Gasteiger partial charge >= 0.3 is 0 Å². The number of rotatable bonds is 2. The molecule has 0 aromatic carbocycles. The van der Waals surface area contributed by atoms with E-state index in [4.69, 9.17) is 10.2 Å². The molecule has 2 aromatic heterocycles. The van der Waals surface area contributed by atoms with Crippen molar-refractivity contribution in [3.05, 3.63) is 28.0 Å². The maximum absolute atomic E-state index is 6.23. The van der Waals surface area contributed by atoms with Gasteiger partial charge in [-0.2, -0.15) is 0 Å². The molecule has 0 saturated heterocycles. The molecule has 0 amide bonds. The Morgan fingerprint density at radius 1 is 1.33 bits per heavy atom. The summed E-state index contributed by atoms with van der Waals surface area (Å²) in [6.45, 7) is 10.3. The van der Waals surface area contributed by atoms with Crippen molar-refractivity contribution in [2.75, 3.05) is 0 Å². The Morgan fingerprint density at radius 2 is 2.00 bits per heavy atom. The molecule has 2 rings (SSSR count). The van der Waals surface area contributed by atoms with Crippen LogP contribution in [-0.2, 0) is 0 Å². The zero-order chi connectivity index (χ0) is 13.5. The second-order valence-corrected chi connectivity index (χ2v) is 6.63. The highest BCUT2D eigenvalue weighted by atomic mass is 32.1. The van der Waals surface area contributed by atoms with E-state index in [1.54, 1.807) is 11.3 Å². The first-order valence-corrected chi connectivity index (χ1v) is 6.95. The SMILES string of the molecule is Cc1cc(-c2csc(C(N)C(C)(C)C)n2)c(C)o1. The molecule has 0 aliphatic carbocycles. The first-order chi connectivity index (χ1) is 8.29. The topological polar surface area (TPSA) is 52.0 Å². The third-order valence-corrected chi connectivity index (χ3v) is 3.97. The molecule has 98 valence electrons. The smallest absolute Gasteiger partial charge is 0.111 e. The van der Waals surface area contributed by atoms with Crippen molar-refractivity contribution in [2.24, 2.45) is 11.1 Å². The van der Waals surface area contributed by atoms with Crippen molar-refractivity contribution in [2.45, 2.75) is 40.7 Å². The lowest BCUT2D eigenvalue weighted by Crippen LogP contribution is -2.26. The van der Waals surface area contributed by atoms with Crippen molar-refractivity contribution in [1.82, 2.24) is 4.98 Å². The maximum Gasteiger partial charge on any atom is 0.111 e. The van der Waals surface area contributed by atoms with Gasteiger partial charge in [0.1, 0.15) is 16.5 Å². The van der Waals surface area contributed by atoms with E-state index in [1.807, 2.05) is 19.9 Å². The zero-order valence-corrected chi connectivity index (χ0v) is 12.4. The first-order valence-electron chi connectivity index (χ1n) is 6.07. The van der Waals surface area contributed by atoms with Crippen LogP contribution < -0.4 is 5.73 Å². The van der Waals surface area contributed by atoms with Crippen LogP contribution >= 0.6 is 11.3 Å². The molecule has 0 spiro atoms. The fraction of sp³-hybridized carbons (Fsp3) is 0.500. The van der Waals surface area contributed by atoms with Crippen molar-refractivity contribution in [1.29, 1.82) is 0 Å². The van der Waals surface area contributed by atoms with Gasteiger partial charge in [0.2, 0.25) is 0 Å². The summed E-state index contributed by atoms with van der Waals surface area (Å²) in [7, 11) is 0. The Hall–Kier alpha value is -1.13. The van der Waals surface area contributed by atoms with Crippen molar-refractivity contribution >= 4 is 11.3 Å². The first kappa shape index (κ1) is 13.3. The molecule has 18 heavy (non-hydrogen) atoms. The summed E-state index contributed by atoms with van der Waals surface area (Å²) in [6, 6.07) is 1.99. The number of nitrogens with two attached hydrogens (primary N) is 1. The largest absolute Gasteiger partial charge is 0.466 e. The average molecular weight is 264 g/mol. The Balaban J connectivity index is 2.34. The Labute approximate surface area is 112 Å². The summed E-state index contributed by atoms with van der Waals surface area (Å²) in [4.78, 5) is 4.65. The number of thiazole rings is 1. The normalized spacial score (nSPS) is 13.9. The third-order valence-electron chi connectivity index (χ3n) is 3.04. The molecule has 0 bridgehead atoms. The predicted molar refractivity (Wildman–Crippen MR) is 75.7 cm³/mol. The summed E-state index contributed by atoms with van der Waals surface area (Å²) in [5.74, 6) is 1.82. The van der Waals surface area contributed by atoms with Crippen LogP contribution in [0.15, 0.2) is 15.9 Å². The summed E-state index contributed by atoms with van der Waals surface area (Å²) in [5.41, 5.74) is 8.28. The van der Waals surface area contributed by atoms with E-state index >= 15 is 0 Å². The Morgan fingerprint density at radius 3 is 2.50 bits per heavy atom. The summed E-state index contributed by atoms with van der Waals surface area (Å²) in [6.07, 6.45) is 0. The highest BCUT2D eigenvalue weighted by Gasteiger charge is 2.25. The quantitative estimate of drug-likeness (QED) is 0.889. The molecule has 2 heterocycles. The summed E-state index contributed by atoms with van der Waals surface area (Å²) >= 11 is 1.62. The van der Waals surface area contributed by atoms with E-state index in [-0.39, 0.29) is 11.5 Å². The van der Waals surface area contributed by atoms with Crippen LogP contribution in [0.5, 0.6) is 0 Å². The average Bonchev–Trinajstić information content (AvgIpc) is 2.82. The van der Waals surface area contributed by atoms with Gasteiger partial charge < -0.3 is 10.2 Å². The van der Waals surface area contributed by atoms with Gasteiger partial charge in [-0.05, 0) is 25.3 Å². The van der Waals surface area contributed by atoms with Gasteiger partial charge in [0.25, 0.3) is 0 Å². The number of aromatic nitrogens is 1. The molecule has 0 aliphatic heterocycles. The lowest BCUT2D eigenvalue weighted by molar-refractivity contribution is 0.326. The maximum atomic E-state index is 6.23. The van der Waals surface area contributed by atoms with Gasteiger partial charge in [0, 0.05) is 10.9 Å². The van der Waals surface area contributed by atoms with Crippen LogP contribution in [0.3, 0.4) is 0 Å². The third kappa shape index (κ3) is 2.49. The number of hydrogen-bond donors (Lipinski definition) is 1. The second kappa shape index (κ2) is 4.52. The van der Waals surface area contributed by atoms with Crippen LogP contribution in [0.2, 0.25) is 0 Å². The van der Waals surface area contributed by atoms with E-state index in [2.05, 4.69) is 31.1 Å². The fourth-order valence-corrected chi connectivity index (χ4v) is 2.87. The molecule has 0 aliphatic rings. The molecule has 1 atom stereocenters. The van der Waals surface area contributed by atoms with Gasteiger partial charge in [-0.25, -0.2) is 4.98 Å². The Bertz CT molecular complexity index is 548. The van der Waals surface area contributed by atoms with Crippen molar-refractivity contribution in [3.63, 3.8) is 0 Å². The summed E-state index contributed by atoms with van der Waals surface area (Å²) < 4.78 is 5.54. The standard InChI is InChI=1S/C14H20N2OS/c1-8-6-10(9(2)17-8)11-7-18-13(16-11)12(15)14(3,4)5/h6-7,12H,15H2,1-5H3. The van der Waals surface area contributed by atoms with Gasteiger partial charge in [0.05, 0.1) is 11.7 Å². The monoisotopic (exact) mass is 264 g/mol. The van der Waals surface area contributed by atoms with Crippen LogP contribution in [0.4, 0.5) is 0 Å². The number of hydrogen-bond acceptors (Lipinski definition) is 4. The van der Waals surface area contributed by atoms with Crippen LogP contribution in [0.25, 0.3) is 11.3 Å². The highest BCUT2D eigenvalue weighted by molar-refractivity contribution is 7.10. The lowest BCUT2D eigenvalue weighted by Gasteiger charge is -2.24.